The number of carbonyl (C=O) groups is 1. The average molecular weight is 445 g/mol. The zero-order valence-corrected chi connectivity index (χ0v) is 19.2. The second kappa shape index (κ2) is 9.35. The maximum absolute atomic E-state index is 12.3. The number of urea groups is 1. The van der Waals surface area contributed by atoms with Crippen molar-refractivity contribution < 1.29 is 9.53 Å². The Balaban J connectivity index is 1.37. The Hall–Kier alpha value is -3.20. The third kappa shape index (κ3) is 4.64. The fourth-order valence-corrected chi connectivity index (χ4v) is 5.28. The van der Waals surface area contributed by atoms with Gasteiger partial charge in [-0.05, 0) is 67.9 Å². The van der Waals surface area contributed by atoms with Gasteiger partial charge in [0.1, 0.15) is 5.75 Å². The number of hydrogen-bond donors (Lipinski definition) is 2. The van der Waals surface area contributed by atoms with Gasteiger partial charge in [0, 0.05) is 30.0 Å². The molecule has 2 fully saturated rings. The molecule has 2 atom stereocenters. The number of anilines is 2. The van der Waals surface area contributed by atoms with Gasteiger partial charge in [-0.25, -0.2) is 4.79 Å². The van der Waals surface area contributed by atoms with Gasteiger partial charge in [0.15, 0.2) is 0 Å². The molecule has 172 valence electrons. The zero-order chi connectivity index (χ0) is 22.8. The molecule has 1 heterocycles. The minimum atomic E-state index is -0.237. The second-order valence-electron chi connectivity index (χ2n) is 9.50. The molecule has 2 saturated carbocycles. The van der Waals surface area contributed by atoms with Crippen LogP contribution in [0.25, 0.3) is 0 Å². The number of hydrogen-bond acceptors (Lipinski definition) is 4. The molecule has 0 saturated heterocycles. The summed E-state index contributed by atoms with van der Waals surface area (Å²) in [5, 5.41) is 16.1. The van der Waals surface area contributed by atoms with Crippen LogP contribution >= 0.6 is 0 Å². The monoisotopic (exact) mass is 444 g/mol. The minimum absolute atomic E-state index is 0.0381. The number of nitrogens with one attached hydrogen (secondary N) is 2. The van der Waals surface area contributed by atoms with E-state index in [0.717, 1.165) is 47.6 Å². The highest BCUT2D eigenvalue weighted by Gasteiger charge is 2.42. The van der Waals surface area contributed by atoms with E-state index in [1.165, 1.54) is 25.7 Å². The van der Waals surface area contributed by atoms with Gasteiger partial charge in [-0.15, -0.1) is 0 Å². The Labute approximate surface area is 195 Å². The summed E-state index contributed by atoms with van der Waals surface area (Å²) in [6.45, 7) is 3.56. The molecular formula is C27H32N4O2. The summed E-state index contributed by atoms with van der Waals surface area (Å²) in [5.74, 6) is 1.30. The van der Waals surface area contributed by atoms with Crippen molar-refractivity contribution in [3.63, 3.8) is 0 Å². The third-order valence-corrected chi connectivity index (χ3v) is 7.10. The molecule has 0 bridgehead atoms. The molecule has 33 heavy (non-hydrogen) atoms. The first-order valence-corrected chi connectivity index (χ1v) is 12.3. The fourth-order valence-electron chi connectivity index (χ4n) is 5.28. The van der Waals surface area contributed by atoms with E-state index in [1.54, 1.807) is 0 Å². The van der Waals surface area contributed by atoms with Gasteiger partial charge in [0.2, 0.25) is 0 Å². The van der Waals surface area contributed by atoms with E-state index < -0.39 is 0 Å². The zero-order valence-electron chi connectivity index (χ0n) is 19.2. The van der Waals surface area contributed by atoms with E-state index in [1.807, 2.05) is 25.1 Å². The number of nitriles is 1. The first-order valence-electron chi connectivity index (χ1n) is 12.3. The van der Waals surface area contributed by atoms with Crippen LogP contribution in [0, 0.1) is 17.2 Å². The van der Waals surface area contributed by atoms with Gasteiger partial charge >= 0.3 is 6.03 Å². The molecule has 2 aromatic rings. The molecule has 6 heteroatoms. The molecule has 2 amide bonds. The molecule has 0 aromatic heterocycles. The maximum atomic E-state index is 12.3. The van der Waals surface area contributed by atoms with Crippen LogP contribution in [0.3, 0.4) is 0 Å². The lowest BCUT2D eigenvalue weighted by atomic mass is 9.91. The highest BCUT2D eigenvalue weighted by atomic mass is 16.5. The van der Waals surface area contributed by atoms with E-state index in [0.29, 0.717) is 12.5 Å². The summed E-state index contributed by atoms with van der Waals surface area (Å²) in [4.78, 5) is 14.7. The lowest BCUT2D eigenvalue weighted by Gasteiger charge is -2.29. The van der Waals surface area contributed by atoms with Crippen molar-refractivity contribution in [3.05, 3.63) is 53.6 Å². The highest BCUT2D eigenvalue weighted by molar-refractivity contribution is 5.89. The second-order valence-corrected chi connectivity index (χ2v) is 9.50. The van der Waals surface area contributed by atoms with Gasteiger partial charge in [-0.3, -0.25) is 0 Å². The largest absolute Gasteiger partial charge is 0.494 e. The van der Waals surface area contributed by atoms with Gasteiger partial charge in [0.05, 0.1) is 24.6 Å². The third-order valence-electron chi connectivity index (χ3n) is 7.10. The van der Waals surface area contributed by atoms with E-state index in [9.17, 15) is 10.1 Å². The predicted molar refractivity (Wildman–Crippen MR) is 130 cm³/mol. The Morgan fingerprint density at radius 2 is 1.88 bits per heavy atom. The quantitative estimate of drug-likeness (QED) is 0.572. The van der Waals surface area contributed by atoms with Crippen LogP contribution in [0.1, 0.15) is 68.5 Å². The van der Waals surface area contributed by atoms with E-state index >= 15 is 0 Å². The van der Waals surface area contributed by atoms with Crippen LogP contribution in [-0.2, 0) is 0 Å². The summed E-state index contributed by atoms with van der Waals surface area (Å²) in [6, 6.07) is 16.8. The van der Waals surface area contributed by atoms with Crippen molar-refractivity contribution in [1.29, 1.82) is 5.26 Å². The molecular weight excluding hydrogens is 412 g/mol. The average Bonchev–Trinajstić information content (AvgIpc) is 3.39. The van der Waals surface area contributed by atoms with Crippen LogP contribution in [-0.4, -0.2) is 25.2 Å². The Morgan fingerprint density at radius 1 is 1.12 bits per heavy atom. The van der Waals surface area contributed by atoms with Crippen LogP contribution in [0.5, 0.6) is 5.75 Å². The normalized spacial score (nSPS) is 22.0. The van der Waals surface area contributed by atoms with Crippen LogP contribution < -0.4 is 20.3 Å². The SMILES string of the molecule is CCOc1ccc2c(c1)N(CC1CC1)C(c1ccc(NC(=O)NC3CCCC3)cc1)C2C#N. The Bertz CT molecular complexity index is 1040. The van der Waals surface area contributed by atoms with Crippen molar-refractivity contribution in [3.8, 4) is 11.8 Å². The van der Waals surface area contributed by atoms with Crippen molar-refractivity contribution in [2.45, 2.75) is 63.5 Å². The molecule has 2 unspecified atom stereocenters. The number of fused-ring (bicyclic) bond motifs is 1. The number of ether oxygens (including phenoxy) is 1. The number of nitrogens with zero attached hydrogens (tertiary/aromatic N) is 2. The number of amides is 2. The predicted octanol–water partition coefficient (Wildman–Crippen LogP) is 5.73. The van der Waals surface area contributed by atoms with Gasteiger partial charge in [-0.1, -0.05) is 31.0 Å². The number of carbonyl (C=O) groups excluding carboxylic acids is 1. The molecule has 0 spiro atoms. The van der Waals surface area contributed by atoms with Gasteiger partial charge in [-0.2, -0.15) is 5.26 Å². The number of rotatable bonds is 7. The first-order chi connectivity index (χ1) is 16.2. The molecule has 3 aliphatic rings. The summed E-state index contributed by atoms with van der Waals surface area (Å²) < 4.78 is 5.75. The molecule has 2 aromatic carbocycles. The lowest BCUT2D eigenvalue weighted by Crippen LogP contribution is -2.36. The molecule has 6 nitrogen and oxygen atoms in total. The Kier molecular flexibility index (Phi) is 6.13. The highest BCUT2D eigenvalue weighted by Crippen LogP contribution is 2.51. The molecule has 5 rings (SSSR count). The van der Waals surface area contributed by atoms with Crippen LogP contribution in [0.4, 0.5) is 16.2 Å². The van der Waals surface area contributed by atoms with Crippen LogP contribution in [0.15, 0.2) is 42.5 Å². The van der Waals surface area contributed by atoms with E-state index in [4.69, 9.17) is 4.74 Å². The molecule has 2 N–H and O–H groups in total. The first kappa shape index (κ1) is 21.6. The summed E-state index contributed by atoms with van der Waals surface area (Å²) in [5.41, 5.74) is 4.05. The maximum Gasteiger partial charge on any atom is 0.319 e. The summed E-state index contributed by atoms with van der Waals surface area (Å²) in [6.07, 6.45) is 7.00. The fraction of sp³-hybridized carbons (Fsp3) is 0.481. The van der Waals surface area contributed by atoms with E-state index in [-0.39, 0.29) is 24.0 Å². The van der Waals surface area contributed by atoms with Crippen molar-refractivity contribution in [2.75, 3.05) is 23.4 Å². The smallest absolute Gasteiger partial charge is 0.319 e. The van der Waals surface area contributed by atoms with Gasteiger partial charge < -0.3 is 20.3 Å². The van der Waals surface area contributed by atoms with E-state index in [2.05, 4.69) is 45.9 Å². The van der Waals surface area contributed by atoms with Gasteiger partial charge in [0.25, 0.3) is 0 Å². The number of benzene rings is 2. The Morgan fingerprint density at radius 3 is 2.55 bits per heavy atom. The molecule has 2 aliphatic carbocycles. The topological polar surface area (TPSA) is 77.4 Å². The van der Waals surface area contributed by atoms with Crippen molar-refractivity contribution in [1.82, 2.24) is 5.32 Å². The minimum Gasteiger partial charge on any atom is -0.494 e. The molecule has 1 aliphatic heterocycles. The van der Waals surface area contributed by atoms with Crippen LogP contribution in [0.2, 0.25) is 0 Å². The van der Waals surface area contributed by atoms with Crippen molar-refractivity contribution in [2.24, 2.45) is 5.92 Å². The summed E-state index contributed by atoms with van der Waals surface area (Å²) in [7, 11) is 0. The lowest BCUT2D eigenvalue weighted by molar-refractivity contribution is 0.248. The summed E-state index contributed by atoms with van der Waals surface area (Å²) >= 11 is 0. The standard InChI is InChI=1S/C27H32N4O2/c1-2-33-22-13-14-23-24(16-28)26(31(25(23)15-22)17-18-7-8-18)19-9-11-21(12-10-19)30-27(32)29-20-5-3-4-6-20/h9-15,18,20,24,26H,2-8,17H2,1H3,(H2,29,30,32). The van der Waals surface area contributed by atoms with Crippen molar-refractivity contribution >= 4 is 17.4 Å². The molecule has 0 radical (unpaired) electrons.